The lowest BCUT2D eigenvalue weighted by atomic mass is 10.0. The van der Waals surface area contributed by atoms with Crippen molar-refractivity contribution >= 4 is 39.5 Å². The molecule has 0 saturated heterocycles. The van der Waals surface area contributed by atoms with Crippen molar-refractivity contribution in [3.63, 3.8) is 0 Å². The van der Waals surface area contributed by atoms with Gasteiger partial charge in [0, 0.05) is 25.7 Å². The molecular formula is C82H160O17P2. The lowest BCUT2D eigenvalue weighted by Gasteiger charge is -2.21. The number of phosphoric ester groups is 2. The molecular weight excluding hydrogens is 1320 g/mol. The van der Waals surface area contributed by atoms with E-state index >= 15 is 0 Å². The number of unbranched alkanes of at least 4 members (excludes halogenated alkanes) is 57. The lowest BCUT2D eigenvalue weighted by Crippen LogP contribution is -2.30. The number of hydrogen-bond acceptors (Lipinski definition) is 15. The maximum absolute atomic E-state index is 13.1. The van der Waals surface area contributed by atoms with Crippen molar-refractivity contribution < 1.29 is 80.2 Å². The molecule has 17 nitrogen and oxygen atoms in total. The van der Waals surface area contributed by atoms with Crippen LogP contribution in [0.15, 0.2) is 0 Å². The van der Waals surface area contributed by atoms with Crippen LogP contribution < -0.4 is 0 Å². The first-order valence-electron chi connectivity index (χ1n) is 42.8. The van der Waals surface area contributed by atoms with Crippen LogP contribution in [0.25, 0.3) is 0 Å². The van der Waals surface area contributed by atoms with Gasteiger partial charge in [0.05, 0.1) is 26.4 Å². The van der Waals surface area contributed by atoms with Crippen molar-refractivity contribution in [1.82, 2.24) is 0 Å². The molecule has 19 heteroatoms. The largest absolute Gasteiger partial charge is 0.472 e. The van der Waals surface area contributed by atoms with E-state index in [1.54, 1.807) is 0 Å². The summed E-state index contributed by atoms with van der Waals surface area (Å²) in [7, 11) is -9.92. The van der Waals surface area contributed by atoms with Gasteiger partial charge in [-0.05, 0) is 25.7 Å². The molecule has 0 aromatic rings. The van der Waals surface area contributed by atoms with Crippen LogP contribution in [0.5, 0.6) is 0 Å². The molecule has 0 rings (SSSR count). The van der Waals surface area contributed by atoms with Gasteiger partial charge in [0.2, 0.25) is 0 Å². The topological polar surface area (TPSA) is 237 Å². The highest BCUT2D eigenvalue weighted by atomic mass is 31.2. The van der Waals surface area contributed by atoms with Crippen LogP contribution in [0, 0.1) is 0 Å². The Bertz CT molecular complexity index is 1910. The third-order valence-corrected chi connectivity index (χ3v) is 21.3. The summed E-state index contributed by atoms with van der Waals surface area (Å²) >= 11 is 0. The summed E-state index contributed by atoms with van der Waals surface area (Å²) in [6, 6.07) is 0. The molecule has 0 heterocycles. The van der Waals surface area contributed by atoms with Crippen LogP contribution in [-0.2, 0) is 65.4 Å². The summed E-state index contributed by atoms with van der Waals surface area (Å²) in [4.78, 5) is 73.1. The lowest BCUT2D eigenvalue weighted by molar-refractivity contribution is -0.161. The second-order valence-corrected chi connectivity index (χ2v) is 32.4. The highest BCUT2D eigenvalue weighted by Crippen LogP contribution is 2.45. The average Bonchev–Trinajstić information content (AvgIpc) is 0.941. The third kappa shape index (κ3) is 76.1. The Morgan fingerprint density at radius 2 is 0.396 bits per heavy atom. The number of carbonyl (C=O) groups is 4. The van der Waals surface area contributed by atoms with Crippen molar-refractivity contribution in [3.8, 4) is 0 Å². The summed E-state index contributed by atoms with van der Waals surface area (Å²) in [5.74, 6) is -2.10. The van der Waals surface area contributed by atoms with Gasteiger partial charge >= 0.3 is 39.5 Å². The number of rotatable bonds is 83. The van der Waals surface area contributed by atoms with Crippen molar-refractivity contribution in [2.45, 2.75) is 463 Å². The summed E-state index contributed by atoms with van der Waals surface area (Å²) in [6.45, 7) is 5.03. The van der Waals surface area contributed by atoms with E-state index in [4.69, 9.17) is 37.0 Å². The Labute approximate surface area is 619 Å². The first kappa shape index (κ1) is 99.1. The Hall–Kier alpha value is -1.94. The van der Waals surface area contributed by atoms with E-state index in [1.165, 1.54) is 276 Å². The predicted octanol–water partition coefficient (Wildman–Crippen LogP) is 25.0. The molecule has 600 valence electrons. The van der Waals surface area contributed by atoms with Gasteiger partial charge in [-0.3, -0.25) is 37.3 Å². The van der Waals surface area contributed by atoms with Gasteiger partial charge in [0.1, 0.15) is 19.3 Å². The van der Waals surface area contributed by atoms with Gasteiger partial charge in [-0.2, -0.15) is 0 Å². The maximum Gasteiger partial charge on any atom is 0.472 e. The van der Waals surface area contributed by atoms with Crippen LogP contribution >= 0.6 is 15.6 Å². The van der Waals surface area contributed by atoms with Gasteiger partial charge in [0.25, 0.3) is 0 Å². The highest BCUT2D eigenvalue weighted by Gasteiger charge is 2.30. The smallest absolute Gasteiger partial charge is 0.462 e. The predicted molar refractivity (Wildman–Crippen MR) is 414 cm³/mol. The molecule has 0 amide bonds. The Kier molecular flexibility index (Phi) is 74.8. The standard InChI is InChI=1S/C82H160O17P2/c1-5-9-13-17-21-25-29-32-34-36-38-40-42-45-49-53-57-61-65-69-82(87)99-78(73-93-80(85)67-63-59-55-51-47-44-41-39-37-35-33-30-26-22-18-14-10-6-2)75-97-101(90,91)95-71-76(83)70-94-100(88,89)96-74-77(72-92-79(84)66-62-58-54-50-46-28-24-20-16-12-8-4)98-81(86)68-64-60-56-52-48-43-31-27-23-19-15-11-7-3/h76-78,83H,5-75H2,1-4H3,(H,88,89)(H,90,91)/t76-,77+,78+/m0/s1. The second-order valence-electron chi connectivity index (χ2n) is 29.5. The minimum atomic E-state index is -4.96. The molecule has 0 bridgehead atoms. The monoisotopic (exact) mass is 1480 g/mol. The minimum Gasteiger partial charge on any atom is -0.462 e. The normalized spacial score (nSPS) is 13.8. The maximum atomic E-state index is 13.1. The molecule has 0 spiro atoms. The molecule has 0 saturated carbocycles. The molecule has 0 aromatic carbocycles. The van der Waals surface area contributed by atoms with Gasteiger partial charge in [-0.1, -0.05) is 394 Å². The number of ether oxygens (including phenoxy) is 4. The van der Waals surface area contributed by atoms with E-state index in [-0.39, 0.29) is 25.7 Å². The minimum absolute atomic E-state index is 0.109. The van der Waals surface area contributed by atoms with Crippen LogP contribution in [-0.4, -0.2) is 96.7 Å². The number of aliphatic hydroxyl groups excluding tert-OH is 1. The molecule has 0 aliphatic heterocycles. The van der Waals surface area contributed by atoms with E-state index in [2.05, 4.69) is 27.7 Å². The Morgan fingerprint density at radius 1 is 0.238 bits per heavy atom. The number of hydrogen-bond donors (Lipinski definition) is 3. The molecule has 101 heavy (non-hydrogen) atoms. The zero-order valence-corrected chi connectivity index (χ0v) is 67.7. The number of phosphoric acid groups is 2. The van der Waals surface area contributed by atoms with E-state index < -0.39 is 97.5 Å². The van der Waals surface area contributed by atoms with Gasteiger partial charge in [0.15, 0.2) is 12.2 Å². The first-order valence-corrected chi connectivity index (χ1v) is 45.8. The third-order valence-electron chi connectivity index (χ3n) is 19.4. The molecule has 0 radical (unpaired) electrons. The Morgan fingerprint density at radius 3 is 0.584 bits per heavy atom. The molecule has 3 N–H and O–H groups in total. The fourth-order valence-corrected chi connectivity index (χ4v) is 14.4. The van der Waals surface area contributed by atoms with E-state index in [0.29, 0.717) is 25.7 Å². The van der Waals surface area contributed by atoms with E-state index in [1.807, 2.05) is 0 Å². The van der Waals surface area contributed by atoms with Gasteiger partial charge < -0.3 is 33.8 Å². The average molecular weight is 1480 g/mol. The van der Waals surface area contributed by atoms with Crippen molar-refractivity contribution in [3.05, 3.63) is 0 Å². The van der Waals surface area contributed by atoms with Crippen LogP contribution in [0.4, 0.5) is 0 Å². The Balaban J connectivity index is 5.23. The second kappa shape index (κ2) is 76.3. The molecule has 0 fully saturated rings. The van der Waals surface area contributed by atoms with E-state index in [0.717, 1.165) is 89.9 Å². The van der Waals surface area contributed by atoms with Gasteiger partial charge in [-0.15, -0.1) is 0 Å². The quantitative estimate of drug-likeness (QED) is 0.0222. The zero-order valence-electron chi connectivity index (χ0n) is 65.9. The fraction of sp³-hybridized carbons (Fsp3) is 0.951. The molecule has 2 unspecified atom stereocenters. The molecule has 0 aromatic heterocycles. The summed E-state index contributed by atoms with van der Waals surface area (Å²) in [6.07, 6.45) is 69.3. The summed E-state index contributed by atoms with van der Waals surface area (Å²) in [5.41, 5.74) is 0. The fourth-order valence-electron chi connectivity index (χ4n) is 12.8. The zero-order chi connectivity index (χ0) is 73.9. The molecule has 0 aliphatic carbocycles. The van der Waals surface area contributed by atoms with Crippen LogP contribution in [0.2, 0.25) is 0 Å². The van der Waals surface area contributed by atoms with Crippen LogP contribution in [0.1, 0.15) is 445 Å². The van der Waals surface area contributed by atoms with Crippen molar-refractivity contribution in [2.24, 2.45) is 0 Å². The van der Waals surface area contributed by atoms with Crippen molar-refractivity contribution in [2.75, 3.05) is 39.6 Å². The summed E-state index contributed by atoms with van der Waals surface area (Å²) < 4.78 is 68.8. The number of aliphatic hydroxyl groups is 1. The summed E-state index contributed by atoms with van der Waals surface area (Å²) in [5, 5.41) is 10.6. The van der Waals surface area contributed by atoms with Crippen molar-refractivity contribution in [1.29, 1.82) is 0 Å². The van der Waals surface area contributed by atoms with Gasteiger partial charge in [-0.25, -0.2) is 9.13 Å². The first-order chi connectivity index (χ1) is 49.2. The SMILES string of the molecule is CCCCCCCCCCCCCCCCCCCCCC(=O)O[C@H](COC(=O)CCCCCCCCCCCCCCCCCCCC)COP(=O)(O)OC[C@@H](O)COP(=O)(O)OC[C@@H](COC(=O)CCCCCCCCCCCCC)OC(=O)CCCCCCCCCCCCCCC. The number of esters is 4. The highest BCUT2D eigenvalue weighted by molar-refractivity contribution is 7.47. The molecule has 0 aliphatic rings. The number of carbonyl (C=O) groups excluding carboxylic acids is 4. The van der Waals surface area contributed by atoms with Crippen LogP contribution in [0.3, 0.4) is 0 Å². The molecule has 5 atom stereocenters. The van der Waals surface area contributed by atoms with E-state index in [9.17, 15) is 43.2 Å².